The molecule has 34 heavy (non-hydrogen) atoms. The van der Waals surface area contributed by atoms with Crippen LogP contribution in [0.25, 0.3) is 11.0 Å². The number of carbonyl (C=O) groups excluding carboxylic acids is 1. The molecule has 0 aliphatic carbocycles. The minimum Gasteiger partial charge on any atom is -0.368 e. The number of amides is 1. The molecule has 0 N–H and O–H groups in total. The molecule has 2 aliphatic heterocycles. The van der Waals surface area contributed by atoms with E-state index in [1.54, 1.807) is 12.5 Å². The van der Waals surface area contributed by atoms with E-state index in [2.05, 4.69) is 58.6 Å². The molecule has 2 aliphatic rings. The first kappa shape index (κ1) is 23.1. The SMILES string of the molecule is CN1CCN(c2cnc3c(C4CCN(C(=O)c5cnc(C(C)(C)C)s5)CC4)ncnc3c2)CC1. The first-order chi connectivity index (χ1) is 16.3. The van der Waals surface area contributed by atoms with Gasteiger partial charge in [-0.15, -0.1) is 11.3 Å². The van der Waals surface area contributed by atoms with E-state index in [0.717, 1.165) is 84.4 Å². The summed E-state index contributed by atoms with van der Waals surface area (Å²) < 4.78 is 0. The van der Waals surface area contributed by atoms with Crippen LogP contribution >= 0.6 is 11.3 Å². The normalized spacial score (nSPS) is 18.6. The number of carbonyl (C=O) groups is 1. The van der Waals surface area contributed by atoms with Gasteiger partial charge in [-0.25, -0.2) is 15.0 Å². The lowest BCUT2D eigenvalue weighted by molar-refractivity contribution is 0.0717. The van der Waals surface area contributed by atoms with Crippen molar-refractivity contribution >= 4 is 34.0 Å². The maximum atomic E-state index is 13.1. The minimum atomic E-state index is -0.0402. The number of anilines is 1. The van der Waals surface area contributed by atoms with Crippen molar-refractivity contribution in [2.75, 3.05) is 51.2 Å². The van der Waals surface area contributed by atoms with Gasteiger partial charge in [-0.3, -0.25) is 9.78 Å². The smallest absolute Gasteiger partial charge is 0.265 e. The Morgan fingerprint density at radius 2 is 1.71 bits per heavy atom. The molecule has 5 rings (SSSR count). The van der Waals surface area contributed by atoms with E-state index in [4.69, 9.17) is 4.98 Å². The molecule has 3 aromatic rings. The third-order valence-corrected chi connectivity index (χ3v) is 8.30. The highest BCUT2D eigenvalue weighted by Gasteiger charge is 2.29. The largest absolute Gasteiger partial charge is 0.368 e. The van der Waals surface area contributed by atoms with Crippen LogP contribution in [-0.2, 0) is 5.41 Å². The summed E-state index contributed by atoms with van der Waals surface area (Å²) >= 11 is 1.51. The van der Waals surface area contributed by atoms with E-state index in [0.29, 0.717) is 0 Å². The fourth-order valence-electron chi connectivity index (χ4n) is 4.72. The van der Waals surface area contributed by atoms with Crippen LogP contribution in [0.2, 0.25) is 0 Å². The summed E-state index contributed by atoms with van der Waals surface area (Å²) in [5.41, 5.74) is 3.89. The van der Waals surface area contributed by atoms with Crippen molar-refractivity contribution in [3.05, 3.63) is 40.4 Å². The Hall–Kier alpha value is -2.65. The van der Waals surface area contributed by atoms with Crippen molar-refractivity contribution in [2.24, 2.45) is 0 Å². The summed E-state index contributed by atoms with van der Waals surface area (Å²) in [5.74, 6) is 0.372. The number of thiazole rings is 1. The molecule has 3 aromatic heterocycles. The maximum absolute atomic E-state index is 13.1. The molecule has 1 amide bonds. The first-order valence-electron chi connectivity index (χ1n) is 12.1. The van der Waals surface area contributed by atoms with Crippen molar-refractivity contribution in [3.63, 3.8) is 0 Å². The number of aromatic nitrogens is 4. The molecule has 0 saturated carbocycles. The topological polar surface area (TPSA) is 78.4 Å². The van der Waals surface area contributed by atoms with E-state index in [-0.39, 0.29) is 17.2 Å². The van der Waals surface area contributed by atoms with E-state index in [1.165, 1.54) is 11.3 Å². The Balaban J connectivity index is 1.28. The third-order valence-electron chi connectivity index (χ3n) is 6.88. The van der Waals surface area contributed by atoms with E-state index in [1.807, 2.05) is 11.1 Å². The molecule has 180 valence electrons. The second kappa shape index (κ2) is 9.19. The predicted molar refractivity (Wildman–Crippen MR) is 136 cm³/mol. The van der Waals surface area contributed by atoms with Gasteiger partial charge in [-0.2, -0.15) is 0 Å². The van der Waals surface area contributed by atoms with Gasteiger partial charge in [0.25, 0.3) is 5.91 Å². The molecule has 0 radical (unpaired) electrons. The summed E-state index contributed by atoms with van der Waals surface area (Å²) in [6.07, 6.45) is 7.13. The molecule has 8 nitrogen and oxygen atoms in total. The average Bonchev–Trinajstić information content (AvgIpc) is 3.35. The van der Waals surface area contributed by atoms with Crippen LogP contribution in [0.15, 0.2) is 24.8 Å². The van der Waals surface area contributed by atoms with Gasteiger partial charge in [0, 0.05) is 50.6 Å². The lowest BCUT2D eigenvalue weighted by atomic mass is 9.92. The number of hydrogen-bond donors (Lipinski definition) is 0. The van der Waals surface area contributed by atoms with Gasteiger partial charge in [0.15, 0.2) is 0 Å². The van der Waals surface area contributed by atoms with Gasteiger partial charge < -0.3 is 14.7 Å². The average molecular weight is 480 g/mol. The van der Waals surface area contributed by atoms with Crippen LogP contribution < -0.4 is 4.90 Å². The zero-order valence-electron chi connectivity index (χ0n) is 20.5. The highest BCUT2D eigenvalue weighted by molar-refractivity contribution is 7.13. The Morgan fingerprint density at radius 3 is 2.38 bits per heavy atom. The van der Waals surface area contributed by atoms with Crippen molar-refractivity contribution in [3.8, 4) is 0 Å². The molecule has 2 fully saturated rings. The summed E-state index contributed by atoms with van der Waals surface area (Å²) in [4.78, 5) is 38.9. The summed E-state index contributed by atoms with van der Waals surface area (Å²) in [5, 5.41) is 1.00. The van der Waals surface area contributed by atoms with Gasteiger partial charge in [-0.1, -0.05) is 20.8 Å². The molecule has 0 bridgehead atoms. The minimum absolute atomic E-state index is 0.0402. The highest BCUT2D eigenvalue weighted by Crippen LogP contribution is 2.33. The van der Waals surface area contributed by atoms with Crippen LogP contribution in [0.3, 0.4) is 0 Å². The number of nitrogens with zero attached hydrogens (tertiary/aromatic N) is 7. The number of rotatable bonds is 3. The molecular weight excluding hydrogens is 446 g/mol. The van der Waals surface area contributed by atoms with Crippen LogP contribution in [0.4, 0.5) is 5.69 Å². The van der Waals surface area contributed by atoms with E-state index >= 15 is 0 Å². The lowest BCUT2D eigenvalue weighted by Gasteiger charge is -2.34. The zero-order chi connectivity index (χ0) is 23.9. The molecule has 0 atom stereocenters. The van der Waals surface area contributed by atoms with Gasteiger partial charge in [0.1, 0.15) is 16.7 Å². The number of likely N-dealkylation sites (tertiary alicyclic amines) is 1. The molecular formula is C25H33N7OS. The molecule has 9 heteroatoms. The number of likely N-dealkylation sites (N-methyl/N-ethyl adjacent to an activating group) is 1. The lowest BCUT2D eigenvalue weighted by Crippen LogP contribution is -2.44. The van der Waals surface area contributed by atoms with Gasteiger partial charge in [0.2, 0.25) is 0 Å². The molecule has 0 unspecified atom stereocenters. The Kier molecular flexibility index (Phi) is 6.24. The van der Waals surface area contributed by atoms with Crippen LogP contribution in [0, 0.1) is 0 Å². The fourth-order valence-corrected chi connectivity index (χ4v) is 5.66. The van der Waals surface area contributed by atoms with E-state index < -0.39 is 0 Å². The van der Waals surface area contributed by atoms with Crippen molar-refractivity contribution < 1.29 is 4.79 Å². The standard InChI is InChI=1S/C25H33N7OS/c1-25(2,3)24-27-15-20(34-24)23(33)32-7-5-17(6-8-32)21-22-19(28-16-29-21)13-18(14-26-22)31-11-9-30(4)10-12-31/h13-17H,5-12H2,1-4H3. The van der Waals surface area contributed by atoms with Crippen LogP contribution in [-0.4, -0.2) is 82.0 Å². The molecule has 0 aromatic carbocycles. The summed E-state index contributed by atoms with van der Waals surface area (Å²) in [6.45, 7) is 11.9. The quantitative estimate of drug-likeness (QED) is 0.568. The van der Waals surface area contributed by atoms with Crippen LogP contribution in [0.1, 0.15) is 59.9 Å². The van der Waals surface area contributed by atoms with E-state index in [9.17, 15) is 4.79 Å². The monoisotopic (exact) mass is 479 g/mol. The Morgan fingerprint density at radius 1 is 0.971 bits per heavy atom. The number of hydrogen-bond acceptors (Lipinski definition) is 8. The summed E-state index contributed by atoms with van der Waals surface area (Å²) in [6, 6.07) is 2.15. The number of fused-ring (bicyclic) bond motifs is 1. The highest BCUT2D eigenvalue weighted by atomic mass is 32.1. The van der Waals surface area contributed by atoms with Gasteiger partial charge in [0.05, 0.1) is 34.3 Å². The molecule has 2 saturated heterocycles. The van der Waals surface area contributed by atoms with Crippen molar-refractivity contribution in [2.45, 2.75) is 44.9 Å². The Labute approximate surface area is 205 Å². The number of piperidine rings is 1. The number of piperazine rings is 1. The second-order valence-electron chi connectivity index (χ2n) is 10.5. The third kappa shape index (κ3) is 4.63. The zero-order valence-corrected chi connectivity index (χ0v) is 21.3. The maximum Gasteiger partial charge on any atom is 0.265 e. The Bertz CT molecular complexity index is 1170. The van der Waals surface area contributed by atoms with Gasteiger partial charge >= 0.3 is 0 Å². The molecule has 5 heterocycles. The first-order valence-corrected chi connectivity index (χ1v) is 12.9. The fraction of sp³-hybridized carbons (Fsp3) is 0.560. The van der Waals surface area contributed by atoms with Gasteiger partial charge in [-0.05, 0) is 26.0 Å². The van der Waals surface area contributed by atoms with Crippen LogP contribution in [0.5, 0.6) is 0 Å². The van der Waals surface area contributed by atoms with Crippen molar-refractivity contribution in [1.29, 1.82) is 0 Å². The predicted octanol–water partition coefficient (Wildman–Crippen LogP) is 3.55. The summed E-state index contributed by atoms with van der Waals surface area (Å²) in [7, 11) is 2.16. The molecule has 0 spiro atoms. The number of pyridine rings is 1. The van der Waals surface area contributed by atoms with Crippen molar-refractivity contribution in [1.82, 2.24) is 29.7 Å². The second-order valence-corrected chi connectivity index (χ2v) is 11.5.